The van der Waals surface area contributed by atoms with Crippen LogP contribution in [0.4, 0.5) is 19.0 Å². The standard InChI is InChI=1S/C12H15F3N4O2/c1-6(11(21)19(2)3)17-10-7(9(16)20)4-5-8(18-10)12(13,14)15/h4-6H,1-3H3,(H2,16,20)(H,17,18). The second kappa shape index (κ2) is 5.98. The summed E-state index contributed by atoms with van der Waals surface area (Å²) in [5, 5.41) is 2.48. The Kier molecular flexibility index (Phi) is 4.77. The highest BCUT2D eigenvalue weighted by Gasteiger charge is 2.33. The van der Waals surface area contributed by atoms with Crippen molar-refractivity contribution in [3.8, 4) is 0 Å². The van der Waals surface area contributed by atoms with Crippen LogP contribution in [0.2, 0.25) is 0 Å². The molecule has 0 spiro atoms. The molecule has 0 radical (unpaired) electrons. The monoisotopic (exact) mass is 304 g/mol. The molecule has 1 aromatic heterocycles. The molecule has 0 aromatic carbocycles. The number of aromatic nitrogens is 1. The number of likely N-dealkylation sites (N-methyl/N-ethyl adjacent to an activating group) is 1. The van der Waals surface area contributed by atoms with Gasteiger partial charge in [0.2, 0.25) is 5.91 Å². The van der Waals surface area contributed by atoms with E-state index in [0.717, 1.165) is 6.07 Å². The summed E-state index contributed by atoms with van der Waals surface area (Å²) in [5.41, 5.74) is 3.69. The molecule has 0 aliphatic rings. The minimum Gasteiger partial charge on any atom is -0.365 e. The topological polar surface area (TPSA) is 88.3 Å². The first-order chi connectivity index (χ1) is 9.54. The smallest absolute Gasteiger partial charge is 0.365 e. The molecule has 9 heteroatoms. The first-order valence-corrected chi connectivity index (χ1v) is 5.89. The zero-order valence-corrected chi connectivity index (χ0v) is 11.7. The van der Waals surface area contributed by atoms with Crippen molar-refractivity contribution in [1.82, 2.24) is 9.88 Å². The van der Waals surface area contributed by atoms with Gasteiger partial charge in [-0.25, -0.2) is 4.98 Å². The van der Waals surface area contributed by atoms with Crippen LogP contribution in [0.5, 0.6) is 0 Å². The summed E-state index contributed by atoms with van der Waals surface area (Å²) in [5.74, 6) is -1.70. The molecule has 2 amide bonds. The maximum Gasteiger partial charge on any atom is 0.433 e. The van der Waals surface area contributed by atoms with Gasteiger partial charge in [0, 0.05) is 14.1 Å². The lowest BCUT2D eigenvalue weighted by Crippen LogP contribution is -2.37. The van der Waals surface area contributed by atoms with Crippen LogP contribution in [0.1, 0.15) is 23.0 Å². The van der Waals surface area contributed by atoms with E-state index in [1.54, 1.807) is 0 Å². The zero-order chi connectivity index (χ0) is 16.4. The number of carbonyl (C=O) groups is 2. The summed E-state index contributed by atoms with van der Waals surface area (Å²) in [6.07, 6.45) is -4.67. The Labute approximate surface area is 119 Å². The third-order valence-electron chi connectivity index (χ3n) is 2.62. The van der Waals surface area contributed by atoms with Gasteiger partial charge in [0.25, 0.3) is 5.91 Å². The molecule has 1 heterocycles. The van der Waals surface area contributed by atoms with Gasteiger partial charge in [-0.15, -0.1) is 0 Å². The molecule has 6 nitrogen and oxygen atoms in total. The van der Waals surface area contributed by atoms with E-state index in [1.807, 2.05) is 0 Å². The number of carbonyl (C=O) groups excluding carboxylic acids is 2. The third kappa shape index (κ3) is 4.07. The van der Waals surface area contributed by atoms with Crippen LogP contribution >= 0.6 is 0 Å². The molecule has 0 saturated carbocycles. The van der Waals surface area contributed by atoms with Crippen LogP contribution in [0.3, 0.4) is 0 Å². The van der Waals surface area contributed by atoms with Crippen LogP contribution in [-0.2, 0) is 11.0 Å². The summed E-state index contributed by atoms with van der Waals surface area (Å²) in [6, 6.07) is 0.714. The molecule has 0 saturated heterocycles. The van der Waals surface area contributed by atoms with Crippen molar-refractivity contribution in [2.24, 2.45) is 5.73 Å². The number of hydrogen-bond donors (Lipinski definition) is 2. The molecule has 3 N–H and O–H groups in total. The van der Waals surface area contributed by atoms with Crippen LogP contribution in [0.15, 0.2) is 12.1 Å². The van der Waals surface area contributed by atoms with Gasteiger partial charge in [0.1, 0.15) is 17.6 Å². The van der Waals surface area contributed by atoms with E-state index in [1.165, 1.54) is 25.9 Å². The first kappa shape index (κ1) is 16.7. The minimum atomic E-state index is -4.67. The fourth-order valence-electron chi connectivity index (χ4n) is 1.58. The second-order valence-electron chi connectivity index (χ2n) is 4.55. The van der Waals surface area contributed by atoms with Gasteiger partial charge in [0.15, 0.2) is 0 Å². The van der Waals surface area contributed by atoms with Gasteiger partial charge in [-0.2, -0.15) is 13.2 Å². The van der Waals surface area contributed by atoms with Crippen LogP contribution in [0.25, 0.3) is 0 Å². The molecular weight excluding hydrogens is 289 g/mol. The number of anilines is 1. The van der Waals surface area contributed by atoms with E-state index in [-0.39, 0.29) is 17.3 Å². The van der Waals surface area contributed by atoms with Crippen molar-refractivity contribution in [3.63, 3.8) is 0 Å². The maximum atomic E-state index is 12.6. The van der Waals surface area contributed by atoms with Gasteiger partial charge in [-0.1, -0.05) is 0 Å². The number of nitrogens with two attached hydrogens (primary N) is 1. The number of hydrogen-bond acceptors (Lipinski definition) is 4. The number of nitrogens with one attached hydrogen (secondary N) is 1. The average Bonchev–Trinajstić information content (AvgIpc) is 2.36. The summed E-state index contributed by atoms with van der Waals surface area (Å²) in [7, 11) is 2.99. The Morgan fingerprint density at radius 3 is 2.33 bits per heavy atom. The van der Waals surface area contributed by atoms with Crippen LogP contribution in [0, 0.1) is 0 Å². The van der Waals surface area contributed by atoms with E-state index in [9.17, 15) is 22.8 Å². The van der Waals surface area contributed by atoms with Gasteiger partial charge < -0.3 is 16.0 Å². The second-order valence-corrected chi connectivity index (χ2v) is 4.55. The van der Waals surface area contributed by atoms with Crippen molar-refractivity contribution in [1.29, 1.82) is 0 Å². The molecule has 0 aliphatic heterocycles. The Morgan fingerprint density at radius 2 is 1.90 bits per heavy atom. The number of amides is 2. The Bertz CT molecular complexity index is 558. The van der Waals surface area contributed by atoms with Gasteiger partial charge in [0.05, 0.1) is 5.56 Å². The highest BCUT2D eigenvalue weighted by Crippen LogP contribution is 2.29. The summed E-state index contributed by atoms with van der Waals surface area (Å²) in [4.78, 5) is 27.5. The third-order valence-corrected chi connectivity index (χ3v) is 2.62. The number of pyridine rings is 1. The van der Waals surface area contributed by atoms with E-state index in [2.05, 4.69) is 10.3 Å². The predicted molar refractivity (Wildman–Crippen MR) is 69.5 cm³/mol. The largest absolute Gasteiger partial charge is 0.433 e. The molecule has 0 bridgehead atoms. The van der Waals surface area contributed by atoms with Gasteiger partial charge in [-0.3, -0.25) is 9.59 Å². The Morgan fingerprint density at radius 1 is 1.33 bits per heavy atom. The average molecular weight is 304 g/mol. The number of alkyl halides is 3. The molecule has 1 atom stereocenters. The molecular formula is C12H15F3N4O2. The molecule has 1 aromatic rings. The lowest BCUT2D eigenvalue weighted by molar-refractivity contribution is -0.141. The highest BCUT2D eigenvalue weighted by atomic mass is 19.4. The van der Waals surface area contributed by atoms with Crippen molar-refractivity contribution in [2.75, 3.05) is 19.4 Å². The minimum absolute atomic E-state index is 0.221. The van der Waals surface area contributed by atoms with E-state index in [4.69, 9.17) is 5.73 Å². The molecule has 0 fully saturated rings. The van der Waals surface area contributed by atoms with Gasteiger partial charge >= 0.3 is 6.18 Å². The highest BCUT2D eigenvalue weighted by molar-refractivity contribution is 5.98. The quantitative estimate of drug-likeness (QED) is 0.871. The van der Waals surface area contributed by atoms with Crippen LogP contribution < -0.4 is 11.1 Å². The Hall–Kier alpha value is -2.32. The van der Waals surface area contributed by atoms with E-state index >= 15 is 0 Å². The predicted octanol–water partition coefficient (Wildman–Crippen LogP) is 1.09. The van der Waals surface area contributed by atoms with E-state index in [0.29, 0.717) is 6.07 Å². The lowest BCUT2D eigenvalue weighted by Gasteiger charge is -2.20. The number of nitrogens with zero attached hydrogens (tertiary/aromatic N) is 2. The fraction of sp³-hybridized carbons (Fsp3) is 0.417. The molecule has 1 unspecified atom stereocenters. The van der Waals surface area contributed by atoms with Crippen LogP contribution in [-0.4, -0.2) is 41.8 Å². The lowest BCUT2D eigenvalue weighted by atomic mass is 10.2. The molecule has 1 rings (SSSR count). The Balaban J connectivity index is 3.19. The first-order valence-electron chi connectivity index (χ1n) is 5.89. The van der Waals surface area contributed by atoms with Crippen molar-refractivity contribution in [3.05, 3.63) is 23.4 Å². The summed E-state index contributed by atoms with van der Waals surface area (Å²) >= 11 is 0. The summed E-state index contributed by atoms with van der Waals surface area (Å²) in [6.45, 7) is 1.44. The fourth-order valence-corrected chi connectivity index (χ4v) is 1.58. The SMILES string of the molecule is CC(Nc1nc(C(F)(F)F)ccc1C(N)=O)C(=O)N(C)C. The molecule has 116 valence electrons. The van der Waals surface area contributed by atoms with Crippen molar-refractivity contribution in [2.45, 2.75) is 19.1 Å². The summed E-state index contributed by atoms with van der Waals surface area (Å²) < 4.78 is 37.9. The number of rotatable bonds is 4. The van der Waals surface area contributed by atoms with Crippen molar-refractivity contribution < 1.29 is 22.8 Å². The van der Waals surface area contributed by atoms with Crippen molar-refractivity contribution >= 4 is 17.6 Å². The zero-order valence-electron chi connectivity index (χ0n) is 11.7. The molecule has 0 aliphatic carbocycles. The number of primary amides is 1. The number of halogens is 3. The normalized spacial score (nSPS) is 12.7. The maximum absolute atomic E-state index is 12.6. The molecule has 21 heavy (non-hydrogen) atoms. The van der Waals surface area contributed by atoms with Gasteiger partial charge in [-0.05, 0) is 19.1 Å². The van der Waals surface area contributed by atoms with E-state index < -0.39 is 23.8 Å².